The molecular formula is C11H14N2O2. The van der Waals surface area contributed by atoms with Gasteiger partial charge in [-0.2, -0.15) is 0 Å². The average Bonchev–Trinajstić information content (AvgIpc) is 2.78. The van der Waals surface area contributed by atoms with Crippen molar-refractivity contribution in [3.8, 4) is 11.5 Å². The number of nitrogens with two attached hydrogens (primary N) is 2. The summed E-state index contributed by atoms with van der Waals surface area (Å²) in [7, 11) is 0. The van der Waals surface area contributed by atoms with Gasteiger partial charge in [0, 0.05) is 0 Å². The zero-order valence-electron chi connectivity index (χ0n) is 8.62. The van der Waals surface area contributed by atoms with Crippen LogP contribution in [0.25, 0.3) is 0 Å². The van der Waals surface area contributed by atoms with E-state index in [1.807, 2.05) is 12.1 Å². The van der Waals surface area contributed by atoms with Crippen LogP contribution in [0.2, 0.25) is 0 Å². The number of hydrogen-bond donors (Lipinski definition) is 2. The van der Waals surface area contributed by atoms with Gasteiger partial charge in [-0.05, 0) is 36.0 Å². The van der Waals surface area contributed by atoms with Crippen molar-refractivity contribution in [3.63, 3.8) is 0 Å². The second-order valence-electron chi connectivity index (χ2n) is 4.65. The molecule has 0 aromatic heterocycles. The molecule has 0 radical (unpaired) electrons. The molecule has 1 aromatic carbocycles. The summed E-state index contributed by atoms with van der Waals surface area (Å²) in [6.07, 6.45) is 2.45. The molecule has 2 aliphatic rings. The highest BCUT2D eigenvalue weighted by Crippen LogP contribution is 2.50. The van der Waals surface area contributed by atoms with Crippen molar-refractivity contribution >= 4 is 0 Å². The molecular weight excluding hydrogens is 192 g/mol. The maximum Gasteiger partial charge on any atom is 0.376 e. The van der Waals surface area contributed by atoms with Gasteiger partial charge >= 0.3 is 6.03 Å². The fourth-order valence-electron chi connectivity index (χ4n) is 1.89. The predicted molar refractivity (Wildman–Crippen MR) is 55.4 cm³/mol. The van der Waals surface area contributed by atoms with Crippen molar-refractivity contribution in [2.75, 3.05) is 0 Å². The Labute approximate surface area is 88.2 Å². The number of benzene rings is 1. The van der Waals surface area contributed by atoms with Crippen molar-refractivity contribution in [1.29, 1.82) is 0 Å². The monoisotopic (exact) mass is 206 g/mol. The van der Waals surface area contributed by atoms with E-state index in [2.05, 4.69) is 13.0 Å². The van der Waals surface area contributed by atoms with Crippen LogP contribution in [-0.2, 0) is 5.41 Å². The highest BCUT2D eigenvalue weighted by Gasteiger charge is 2.41. The summed E-state index contributed by atoms with van der Waals surface area (Å²) in [5.41, 5.74) is 12.7. The molecule has 0 amide bonds. The van der Waals surface area contributed by atoms with Crippen molar-refractivity contribution in [2.24, 2.45) is 11.5 Å². The predicted octanol–water partition coefficient (Wildman–Crippen LogP) is 1.04. The van der Waals surface area contributed by atoms with E-state index in [1.165, 1.54) is 18.4 Å². The minimum atomic E-state index is -1.51. The first-order chi connectivity index (χ1) is 6.99. The van der Waals surface area contributed by atoms with Gasteiger partial charge in [0.1, 0.15) is 0 Å². The third-order valence-electron chi connectivity index (χ3n) is 3.18. The Hall–Kier alpha value is -1.26. The van der Waals surface area contributed by atoms with E-state index in [9.17, 15) is 0 Å². The quantitative estimate of drug-likeness (QED) is 0.673. The van der Waals surface area contributed by atoms with E-state index in [0.29, 0.717) is 16.9 Å². The van der Waals surface area contributed by atoms with E-state index in [1.54, 1.807) is 0 Å². The molecule has 1 aliphatic carbocycles. The van der Waals surface area contributed by atoms with Gasteiger partial charge in [0.15, 0.2) is 11.5 Å². The SMILES string of the molecule is CC1(c2ccc3c(c2)OC(N)(N)O3)CC1. The fraction of sp³-hybridized carbons (Fsp3) is 0.455. The van der Waals surface area contributed by atoms with Crippen molar-refractivity contribution in [1.82, 2.24) is 0 Å². The molecule has 15 heavy (non-hydrogen) atoms. The summed E-state index contributed by atoms with van der Waals surface area (Å²) in [6.45, 7) is 2.24. The normalized spacial score (nSPS) is 23.9. The van der Waals surface area contributed by atoms with Gasteiger partial charge in [0.2, 0.25) is 0 Å². The van der Waals surface area contributed by atoms with E-state index >= 15 is 0 Å². The van der Waals surface area contributed by atoms with E-state index in [-0.39, 0.29) is 0 Å². The van der Waals surface area contributed by atoms with Crippen LogP contribution < -0.4 is 20.9 Å². The van der Waals surface area contributed by atoms with Crippen LogP contribution in [0.5, 0.6) is 11.5 Å². The third kappa shape index (κ3) is 1.37. The first-order valence-electron chi connectivity index (χ1n) is 5.09. The Kier molecular flexibility index (Phi) is 1.47. The van der Waals surface area contributed by atoms with Crippen molar-refractivity contribution in [3.05, 3.63) is 23.8 Å². The first kappa shape index (κ1) is 9.00. The zero-order chi connectivity index (χ0) is 10.7. The molecule has 1 heterocycles. The smallest absolute Gasteiger partial charge is 0.376 e. The van der Waals surface area contributed by atoms with Gasteiger partial charge in [0.05, 0.1) is 0 Å². The van der Waals surface area contributed by atoms with Gasteiger partial charge < -0.3 is 9.47 Å². The number of fused-ring (bicyclic) bond motifs is 1. The highest BCUT2D eigenvalue weighted by atomic mass is 16.8. The summed E-state index contributed by atoms with van der Waals surface area (Å²) in [5.74, 6) is 1.26. The fourth-order valence-corrected chi connectivity index (χ4v) is 1.89. The van der Waals surface area contributed by atoms with Crippen molar-refractivity contribution < 1.29 is 9.47 Å². The molecule has 80 valence electrons. The molecule has 1 aromatic rings. The number of rotatable bonds is 1. The standard InChI is InChI=1S/C11H14N2O2/c1-10(4-5-10)7-2-3-8-9(6-7)15-11(12,13)14-8/h2-3,6H,4-5,12-13H2,1H3. The van der Waals surface area contributed by atoms with Gasteiger partial charge in [-0.25, -0.2) is 11.5 Å². The summed E-state index contributed by atoms with van der Waals surface area (Å²) in [4.78, 5) is 0. The first-order valence-corrected chi connectivity index (χ1v) is 5.09. The molecule has 1 saturated carbocycles. The van der Waals surface area contributed by atoms with Crippen molar-refractivity contribution in [2.45, 2.75) is 31.2 Å². The molecule has 4 heteroatoms. The number of ether oxygens (including phenoxy) is 2. The Morgan fingerprint density at radius 1 is 1.13 bits per heavy atom. The van der Waals surface area contributed by atoms with Crippen LogP contribution >= 0.6 is 0 Å². The van der Waals surface area contributed by atoms with Gasteiger partial charge in [0.25, 0.3) is 0 Å². The summed E-state index contributed by atoms with van der Waals surface area (Å²) in [6, 6.07) is 4.39. The Bertz CT molecular complexity index is 425. The molecule has 3 rings (SSSR count). The Balaban J connectivity index is 1.99. The maximum atomic E-state index is 5.54. The topological polar surface area (TPSA) is 70.5 Å². The number of hydrogen-bond acceptors (Lipinski definition) is 4. The summed E-state index contributed by atoms with van der Waals surface area (Å²) < 4.78 is 10.5. The lowest BCUT2D eigenvalue weighted by atomic mass is 9.98. The minimum Gasteiger partial charge on any atom is -0.424 e. The second kappa shape index (κ2) is 2.46. The molecule has 0 saturated heterocycles. The lowest BCUT2D eigenvalue weighted by Crippen LogP contribution is -2.56. The van der Waals surface area contributed by atoms with E-state index in [0.717, 1.165) is 0 Å². The largest absolute Gasteiger partial charge is 0.424 e. The van der Waals surface area contributed by atoms with Crippen LogP contribution in [0, 0.1) is 0 Å². The Morgan fingerprint density at radius 2 is 1.80 bits per heavy atom. The van der Waals surface area contributed by atoms with E-state index < -0.39 is 6.03 Å². The zero-order valence-corrected chi connectivity index (χ0v) is 8.62. The molecule has 0 bridgehead atoms. The molecule has 4 nitrogen and oxygen atoms in total. The second-order valence-corrected chi connectivity index (χ2v) is 4.65. The van der Waals surface area contributed by atoms with E-state index in [4.69, 9.17) is 20.9 Å². The van der Waals surface area contributed by atoms with Crippen LogP contribution in [0.1, 0.15) is 25.3 Å². The van der Waals surface area contributed by atoms with Crippen LogP contribution in [0.3, 0.4) is 0 Å². The lowest BCUT2D eigenvalue weighted by molar-refractivity contribution is -0.0672. The Morgan fingerprint density at radius 3 is 2.47 bits per heavy atom. The summed E-state index contributed by atoms with van der Waals surface area (Å²) >= 11 is 0. The van der Waals surface area contributed by atoms with Gasteiger partial charge in [-0.3, -0.25) is 0 Å². The van der Waals surface area contributed by atoms with Crippen LogP contribution in [0.15, 0.2) is 18.2 Å². The van der Waals surface area contributed by atoms with Gasteiger partial charge in [-0.1, -0.05) is 13.0 Å². The minimum absolute atomic E-state index is 0.312. The van der Waals surface area contributed by atoms with Crippen LogP contribution in [0.4, 0.5) is 0 Å². The molecule has 1 fully saturated rings. The molecule has 0 unspecified atom stereocenters. The average molecular weight is 206 g/mol. The maximum absolute atomic E-state index is 5.54. The van der Waals surface area contributed by atoms with Crippen LogP contribution in [-0.4, -0.2) is 6.03 Å². The summed E-state index contributed by atoms with van der Waals surface area (Å²) in [5, 5.41) is 0. The molecule has 0 atom stereocenters. The highest BCUT2D eigenvalue weighted by molar-refractivity contribution is 5.48. The lowest BCUT2D eigenvalue weighted by Gasteiger charge is -2.14. The molecule has 1 aliphatic heterocycles. The third-order valence-corrected chi connectivity index (χ3v) is 3.18. The molecule has 4 N–H and O–H groups in total. The molecule has 0 spiro atoms. The van der Waals surface area contributed by atoms with Gasteiger partial charge in [-0.15, -0.1) is 0 Å².